The molecule has 0 aromatic heterocycles. The van der Waals surface area contributed by atoms with E-state index in [1.807, 2.05) is 72.8 Å². The SMILES string of the molecule is CCCCc1ccc(N=C2N=C(Nc3ccc(Br)cc3)C(Nc3ccc(Br)cc3)=NC2=Nc2ccc(CCCC)cc2)cc1. The molecule has 0 bridgehead atoms. The molecule has 6 nitrogen and oxygen atoms in total. The van der Waals surface area contributed by atoms with E-state index in [9.17, 15) is 0 Å². The fourth-order valence-corrected chi connectivity index (χ4v) is 5.09. The van der Waals surface area contributed by atoms with E-state index in [0.717, 1.165) is 44.5 Å². The molecule has 0 unspecified atom stereocenters. The second kappa shape index (κ2) is 15.7. The summed E-state index contributed by atoms with van der Waals surface area (Å²) in [4.78, 5) is 19.9. The average molecular weight is 713 g/mol. The first-order chi connectivity index (χ1) is 21.5. The van der Waals surface area contributed by atoms with Crippen molar-refractivity contribution in [2.45, 2.75) is 52.4 Å². The zero-order valence-electron chi connectivity index (χ0n) is 25.0. The van der Waals surface area contributed by atoms with Crippen LogP contribution >= 0.6 is 31.9 Å². The highest BCUT2D eigenvalue weighted by atomic mass is 79.9. The molecule has 0 fully saturated rings. The zero-order valence-corrected chi connectivity index (χ0v) is 28.2. The van der Waals surface area contributed by atoms with Crippen molar-refractivity contribution >= 4 is 78.0 Å². The van der Waals surface area contributed by atoms with Gasteiger partial charge >= 0.3 is 0 Å². The lowest BCUT2D eigenvalue weighted by Gasteiger charge is -2.19. The molecule has 0 amide bonds. The highest BCUT2D eigenvalue weighted by molar-refractivity contribution is 9.10. The van der Waals surface area contributed by atoms with Crippen LogP contribution in [0.3, 0.4) is 0 Å². The van der Waals surface area contributed by atoms with Crippen LogP contribution in [0.1, 0.15) is 50.7 Å². The molecule has 0 radical (unpaired) electrons. The Labute approximate surface area is 276 Å². The van der Waals surface area contributed by atoms with Gasteiger partial charge in [-0.15, -0.1) is 0 Å². The highest BCUT2D eigenvalue weighted by Crippen LogP contribution is 2.22. The number of rotatable bonds is 10. The number of amidine groups is 4. The summed E-state index contributed by atoms with van der Waals surface area (Å²) >= 11 is 7.04. The number of hydrogen-bond acceptors (Lipinski definition) is 4. The highest BCUT2D eigenvalue weighted by Gasteiger charge is 2.23. The van der Waals surface area contributed by atoms with Gasteiger partial charge in [-0.1, -0.05) is 82.8 Å². The third kappa shape index (κ3) is 9.07. The first-order valence-corrected chi connectivity index (χ1v) is 16.7. The molecule has 4 aromatic carbocycles. The van der Waals surface area contributed by atoms with Gasteiger partial charge in [-0.2, -0.15) is 0 Å². The minimum Gasteiger partial charge on any atom is -0.337 e. The zero-order chi connectivity index (χ0) is 30.7. The van der Waals surface area contributed by atoms with Crippen molar-refractivity contribution in [3.05, 3.63) is 117 Å². The Kier molecular flexibility index (Phi) is 11.3. The lowest BCUT2D eigenvalue weighted by molar-refractivity contribution is 0.795. The Morgan fingerprint density at radius 1 is 0.523 bits per heavy atom. The van der Waals surface area contributed by atoms with Gasteiger partial charge in [0.05, 0.1) is 11.4 Å². The lowest BCUT2D eigenvalue weighted by atomic mass is 10.1. The molecule has 2 N–H and O–H groups in total. The third-order valence-electron chi connectivity index (χ3n) is 7.05. The quantitative estimate of drug-likeness (QED) is 0.172. The summed E-state index contributed by atoms with van der Waals surface area (Å²) in [5.74, 6) is 1.95. The van der Waals surface area contributed by atoms with Crippen LogP contribution in [0.4, 0.5) is 22.7 Å². The molecule has 0 spiro atoms. The Morgan fingerprint density at radius 3 is 1.23 bits per heavy atom. The molecule has 8 heteroatoms. The molecule has 5 rings (SSSR count). The van der Waals surface area contributed by atoms with Gasteiger partial charge in [-0.3, -0.25) is 0 Å². The number of aryl methyl sites for hydroxylation is 2. The van der Waals surface area contributed by atoms with Crippen molar-refractivity contribution in [2.24, 2.45) is 20.0 Å². The molecule has 224 valence electrons. The second-order valence-electron chi connectivity index (χ2n) is 10.6. The molecule has 0 saturated carbocycles. The largest absolute Gasteiger partial charge is 0.337 e. The van der Waals surface area contributed by atoms with E-state index < -0.39 is 0 Å². The fourth-order valence-electron chi connectivity index (χ4n) is 4.56. The summed E-state index contributed by atoms with van der Waals surface area (Å²) < 4.78 is 1.99. The van der Waals surface area contributed by atoms with Gasteiger partial charge in [-0.25, -0.2) is 20.0 Å². The summed E-state index contributed by atoms with van der Waals surface area (Å²) in [5, 5.41) is 6.88. The normalized spacial score (nSPS) is 14.8. The minimum atomic E-state index is 0.433. The standard InChI is InChI=1S/C36H36Br2N6/c1-3-5-7-25-9-17-29(18-10-25)39-33-34(40-30-19-11-26(12-20-30)8-6-4-2)44-36(42-32-23-15-28(38)16-24-32)35(43-33)41-31-21-13-27(37)14-22-31/h9-24H,3-8H2,1-2H3,(H,39,41,43)(H,40,42,44). The number of unbranched alkanes of at least 4 members (excludes halogenated alkanes) is 2. The fraction of sp³-hybridized carbons (Fsp3) is 0.222. The predicted octanol–water partition coefficient (Wildman–Crippen LogP) is 10.7. The predicted molar refractivity (Wildman–Crippen MR) is 195 cm³/mol. The Hall–Kier alpha value is -3.88. The summed E-state index contributed by atoms with van der Waals surface area (Å²) in [7, 11) is 0. The molecule has 4 aromatic rings. The van der Waals surface area contributed by atoms with E-state index in [1.54, 1.807) is 0 Å². The summed E-state index contributed by atoms with van der Waals surface area (Å²) in [6.45, 7) is 4.42. The van der Waals surface area contributed by atoms with Crippen molar-refractivity contribution in [2.75, 3.05) is 10.6 Å². The number of nitrogens with zero attached hydrogens (tertiary/aromatic N) is 4. The molecule has 1 aliphatic rings. The first-order valence-electron chi connectivity index (χ1n) is 15.1. The molecule has 0 atom stereocenters. The molecule has 1 aliphatic heterocycles. The van der Waals surface area contributed by atoms with Gasteiger partial charge in [-0.05, 0) is 110 Å². The molecule has 1 heterocycles. The van der Waals surface area contributed by atoms with E-state index in [4.69, 9.17) is 20.0 Å². The van der Waals surface area contributed by atoms with Crippen LogP contribution < -0.4 is 10.6 Å². The van der Waals surface area contributed by atoms with Crippen molar-refractivity contribution in [1.29, 1.82) is 0 Å². The minimum absolute atomic E-state index is 0.433. The summed E-state index contributed by atoms with van der Waals surface area (Å²) in [5.41, 5.74) is 5.95. The molecule has 44 heavy (non-hydrogen) atoms. The number of benzene rings is 4. The smallest absolute Gasteiger partial charge is 0.200 e. The van der Waals surface area contributed by atoms with Crippen LogP contribution in [-0.4, -0.2) is 23.3 Å². The maximum absolute atomic E-state index is 5.01. The molecule has 0 aliphatic carbocycles. The summed E-state index contributed by atoms with van der Waals surface area (Å²) in [6, 6.07) is 32.6. The van der Waals surface area contributed by atoms with Gasteiger partial charge in [0.1, 0.15) is 0 Å². The van der Waals surface area contributed by atoms with E-state index >= 15 is 0 Å². The van der Waals surface area contributed by atoms with Gasteiger partial charge < -0.3 is 10.6 Å². The maximum atomic E-state index is 5.01. The van der Waals surface area contributed by atoms with Gasteiger partial charge in [0.25, 0.3) is 0 Å². The maximum Gasteiger partial charge on any atom is 0.200 e. The molecular weight excluding hydrogens is 676 g/mol. The molecule has 0 saturated heterocycles. The van der Waals surface area contributed by atoms with Crippen LogP contribution in [-0.2, 0) is 12.8 Å². The average Bonchev–Trinajstić information content (AvgIpc) is 3.04. The number of halogens is 2. The van der Waals surface area contributed by atoms with Crippen molar-refractivity contribution in [3.63, 3.8) is 0 Å². The van der Waals surface area contributed by atoms with E-state index in [1.165, 1.54) is 36.8 Å². The topological polar surface area (TPSA) is 73.5 Å². The number of anilines is 2. The number of nitrogens with one attached hydrogen (secondary N) is 2. The Morgan fingerprint density at radius 2 is 0.886 bits per heavy atom. The van der Waals surface area contributed by atoms with Gasteiger partial charge in [0.15, 0.2) is 23.3 Å². The Bertz CT molecular complexity index is 1530. The van der Waals surface area contributed by atoms with E-state index in [0.29, 0.717) is 23.3 Å². The second-order valence-corrected chi connectivity index (χ2v) is 12.4. The summed E-state index contributed by atoms with van der Waals surface area (Å²) in [6.07, 6.45) is 6.79. The van der Waals surface area contributed by atoms with Gasteiger partial charge in [0, 0.05) is 20.3 Å². The van der Waals surface area contributed by atoms with Crippen LogP contribution in [0.5, 0.6) is 0 Å². The van der Waals surface area contributed by atoms with Crippen LogP contribution in [0.2, 0.25) is 0 Å². The third-order valence-corrected chi connectivity index (χ3v) is 8.11. The lowest BCUT2D eigenvalue weighted by Crippen LogP contribution is -2.36. The number of aliphatic imine (C=N–C) groups is 4. The van der Waals surface area contributed by atoms with Crippen molar-refractivity contribution in [3.8, 4) is 0 Å². The first kappa shape index (κ1) is 31.5. The van der Waals surface area contributed by atoms with Crippen LogP contribution in [0.25, 0.3) is 0 Å². The monoisotopic (exact) mass is 710 g/mol. The van der Waals surface area contributed by atoms with Crippen LogP contribution in [0, 0.1) is 0 Å². The van der Waals surface area contributed by atoms with E-state index in [2.05, 4.69) is 80.6 Å². The molecular formula is C36H36Br2N6. The Balaban J connectivity index is 1.56. The van der Waals surface area contributed by atoms with Crippen LogP contribution in [0.15, 0.2) is 126 Å². The van der Waals surface area contributed by atoms with E-state index in [-0.39, 0.29) is 0 Å². The number of hydrogen-bond donors (Lipinski definition) is 2. The van der Waals surface area contributed by atoms with Crippen molar-refractivity contribution < 1.29 is 0 Å². The van der Waals surface area contributed by atoms with Crippen molar-refractivity contribution in [1.82, 2.24) is 0 Å². The van der Waals surface area contributed by atoms with Gasteiger partial charge in [0.2, 0.25) is 0 Å².